The Bertz CT molecular complexity index is 261. The summed E-state index contributed by atoms with van der Waals surface area (Å²) in [6.45, 7) is 2.85. The molecule has 2 aliphatic rings. The Labute approximate surface area is 104 Å². The van der Waals surface area contributed by atoms with Gasteiger partial charge in [-0.15, -0.1) is 0 Å². The van der Waals surface area contributed by atoms with Crippen LogP contribution < -0.4 is 5.32 Å². The van der Waals surface area contributed by atoms with Crippen molar-refractivity contribution in [1.82, 2.24) is 15.1 Å². The van der Waals surface area contributed by atoms with Gasteiger partial charge < -0.3 is 15.1 Å². The van der Waals surface area contributed by atoms with Crippen LogP contribution in [0, 0.1) is 0 Å². The van der Waals surface area contributed by atoms with E-state index in [-0.39, 0.29) is 6.04 Å². The molecule has 2 saturated heterocycles. The average Bonchev–Trinajstić information content (AvgIpc) is 2.39. The minimum absolute atomic E-state index is 0.0877. The van der Waals surface area contributed by atoms with E-state index < -0.39 is 0 Å². The molecule has 2 aliphatic heterocycles. The van der Waals surface area contributed by atoms with Crippen molar-refractivity contribution in [2.75, 3.05) is 33.7 Å². The van der Waals surface area contributed by atoms with Gasteiger partial charge in [0, 0.05) is 19.1 Å². The Balaban J connectivity index is 1.89. The Morgan fingerprint density at radius 2 is 2.06 bits per heavy atom. The lowest BCUT2D eigenvalue weighted by atomic mass is 10.0. The van der Waals surface area contributed by atoms with Crippen LogP contribution >= 0.6 is 0 Å². The fraction of sp³-hybridized carbons (Fsp3) is 0.923. The van der Waals surface area contributed by atoms with E-state index in [4.69, 9.17) is 0 Å². The highest BCUT2D eigenvalue weighted by Crippen LogP contribution is 2.17. The van der Waals surface area contributed by atoms with Gasteiger partial charge in [-0.2, -0.15) is 0 Å². The molecule has 0 bridgehead atoms. The Morgan fingerprint density at radius 1 is 1.24 bits per heavy atom. The van der Waals surface area contributed by atoms with Crippen LogP contribution in [0.5, 0.6) is 0 Å². The van der Waals surface area contributed by atoms with E-state index in [1.807, 2.05) is 0 Å². The normalized spacial score (nSPS) is 30.6. The number of piperidine rings is 2. The number of amides is 1. The van der Waals surface area contributed by atoms with Gasteiger partial charge in [-0.3, -0.25) is 4.79 Å². The Morgan fingerprint density at radius 3 is 2.71 bits per heavy atom. The van der Waals surface area contributed by atoms with Crippen LogP contribution in [0.4, 0.5) is 0 Å². The van der Waals surface area contributed by atoms with Gasteiger partial charge in [-0.05, 0) is 46.3 Å². The maximum atomic E-state index is 12.4. The predicted octanol–water partition coefficient (Wildman–Crippen LogP) is 0.681. The smallest absolute Gasteiger partial charge is 0.239 e. The van der Waals surface area contributed by atoms with Crippen molar-refractivity contribution in [3.05, 3.63) is 0 Å². The molecule has 2 unspecified atom stereocenters. The monoisotopic (exact) mass is 239 g/mol. The number of likely N-dealkylation sites (N-methyl/N-ethyl adjacent to an activating group) is 1. The van der Waals surface area contributed by atoms with Crippen molar-refractivity contribution in [1.29, 1.82) is 0 Å². The molecule has 0 radical (unpaired) electrons. The first-order chi connectivity index (χ1) is 8.18. The molecule has 1 N–H and O–H groups in total. The molecule has 0 aliphatic carbocycles. The molecular weight excluding hydrogens is 214 g/mol. The quantitative estimate of drug-likeness (QED) is 0.770. The third-order valence-electron chi connectivity index (χ3n) is 4.05. The van der Waals surface area contributed by atoms with E-state index in [0.29, 0.717) is 11.9 Å². The number of hydrogen-bond acceptors (Lipinski definition) is 3. The van der Waals surface area contributed by atoms with Crippen molar-refractivity contribution in [2.45, 2.75) is 44.2 Å². The first kappa shape index (κ1) is 12.8. The molecule has 0 spiro atoms. The second-order valence-corrected chi connectivity index (χ2v) is 5.55. The second-order valence-electron chi connectivity index (χ2n) is 5.55. The zero-order valence-corrected chi connectivity index (χ0v) is 11.1. The predicted molar refractivity (Wildman–Crippen MR) is 68.9 cm³/mol. The molecule has 2 atom stereocenters. The van der Waals surface area contributed by atoms with Crippen molar-refractivity contribution in [3.8, 4) is 0 Å². The summed E-state index contributed by atoms with van der Waals surface area (Å²) in [5.74, 6) is 0.330. The Kier molecular flexibility index (Phi) is 4.40. The van der Waals surface area contributed by atoms with E-state index in [0.717, 1.165) is 32.5 Å². The summed E-state index contributed by atoms with van der Waals surface area (Å²) in [6.07, 6.45) is 5.77. The van der Waals surface area contributed by atoms with Gasteiger partial charge in [0.1, 0.15) is 0 Å². The number of rotatable bonds is 2. The molecule has 4 nitrogen and oxygen atoms in total. The van der Waals surface area contributed by atoms with E-state index in [1.165, 1.54) is 19.3 Å². The fourth-order valence-corrected chi connectivity index (χ4v) is 2.86. The number of likely N-dealkylation sites (tertiary alicyclic amines) is 1. The third-order valence-corrected chi connectivity index (χ3v) is 4.05. The number of hydrogen-bond donors (Lipinski definition) is 1. The largest absolute Gasteiger partial charge is 0.340 e. The zero-order chi connectivity index (χ0) is 12.3. The first-order valence-corrected chi connectivity index (χ1v) is 6.87. The lowest BCUT2D eigenvalue weighted by Crippen LogP contribution is -2.54. The molecule has 17 heavy (non-hydrogen) atoms. The summed E-state index contributed by atoms with van der Waals surface area (Å²) in [6, 6.07) is 0.626. The topological polar surface area (TPSA) is 35.6 Å². The van der Waals surface area contributed by atoms with Crippen molar-refractivity contribution >= 4 is 5.91 Å². The summed E-state index contributed by atoms with van der Waals surface area (Å²) >= 11 is 0. The molecule has 0 aromatic carbocycles. The molecule has 0 aromatic heterocycles. The van der Waals surface area contributed by atoms with Gasteiger partial charge in [-0.25, -0.2) is 0 Å². The van der Waals surface area contributed by atoms with Gasteiger partial charge >= 0.3 is 0 Å². The lowest BCUT2D eigenvalue weighted by molar-refractivity contribution is -0.136. The van der Waals surface area contributed by atoms with Crippen LogP contribution in [0.25, 0.3) is 0 Å². The van der Waals surface area contributed by atoms with Gasteiger partial charge in [0.2, 0.25) is 5.91 Å². The van der Waals surface area contributed by atoms with Crippen LogP contribution in [-0.2, 0) is 4.79 Å². The maximum absolute atomic E-state index is 12.4. The highest BCUT2D eigenvalue weighted by Gasteiger charge is 2.30. The zero-order valence-electron chi connectivity index (χ0n) is 11.1. The van der Waals surface area contributed by atoms with Crippen LogP contribution in [-0.4, -0.2) is 61.5 Å². The fourth-order valence-electron chi connectivity index (χ4n) is 2.86. The van der Waals surface area contributed by atoms with Crippen molar-refractivity contribution in [3.63, 3.8) is 0 Å². The van der Waals surface area contributed by atoms with Crippen LogP contribution in [0.1, 0.15) is 32.1 Å². The molecule has 2 heterocycles. The molecule has 2 fully saturated rings. The standard InChI is InChI=1S/C13H25N3O/c1-15(2)11-6-5-9-16(10-11)13(17)12-7-3-4-8-14-12/h11-12,14H,3-10H2,1-2H3. The highest BCUT2D eigenvalue weighted by atomic mass is 16.2. The first-order valence-electron chi connectivity index (χ1n) is 6.87. The maximum Gasteiger partial charge on any atom is 0.239 e. The summed E-state index contributed by atoms with van der Waals surface area (Å²) in [5, 5.41) is 3.36. The molecule has 2 rings (SSSR count). The highest BCUT2D eigenvalue weighted by molar-refractivity contribution is 5.82. The summed E-state index contributed by atoms with van der Waals surface area (Å²) in [4.78, 5) is 16.7. The summed E-state index contributed by atoms with van der Waals surface area (Å²) in [7, 11) is 4.22. The lowest BCUT2D eigenvalue weighted by Gasteiger charge is -2.38. The summed E-state index contributed by atoms with van der Waals surface area (Å²) in [5.41, 5.74) is 0. The van der Waals surface area contributed by atoms with E-state index >= 15 is 0 Å². The summed E-state index contributed by atoms with van der Waals surface area (Å²) < 4.78 is 0. The van der Waals surface area contributed by atoms with E-state index in [1.54, 1.807) is 0 Å². The molecular formula is C13H25N3O. The number of nitrogens with zero attached hydrogens (tertiary/aromatic N) is 2. The number of nitrogens with one attached hydrogen (secondary N) is 1. The molecule has 0 saturated carbocycles. The van der Waals surface area contributed by atoms with Gasteiger partial charge in [0.25, 0.3) is 0 Å². The van der Waals surface area contributed by atoms with Crippen LogP contribution in [0.15, 0.2) is 0 Å². The van der Waals surface area contributed by atoms with Gasteiger partial charge in [0.15, 0.2) is 0 Å². The van der Waals surface area contributed by atoms with Crippen LogP contribution in [0.2, 0.25) is 0 Å². The number of carbonyl (C=O) groups is 1. The SMILES string of the molecule is CN(C)C1CCCN(C(=O)C2CCCCN2)C1. The van der Waals surface area contributed by atoms with E-state index in [9.17, 15) is 4.79 Å². The molecule has 98 valence electrons. The molecule has 1 amide bonds. The molecule has 4 heteroatoms. The minimum atomic E-state index is 0.0877. The Hall–Kier alpha value is -0.610. The third kappa shape index (κ3) is 3.19. The van der Waals surface area contributed by atoms with Crippen molar-refractivity contribution in [2.24, 2.45) is 0 Å². The number of carbonyl (C=O) groups excluding carboxylic acids is 1. The average molecular weight is 239 g/mol. The minimum Gasteiger partial charge on any atom is -0.340 e. The van der Waals surface area contributed by atoms with Gasteiger partial charge in [-0.1, -0.05) is 6.42 Å². The van der Waals surface area contributed by atoms with Crippen molar-refractivity contribution < 1.29 is 4.79 Å². The van der Waals surface area contributed by atoms with Gasteiger partial charge in [0.05, 0.1) is 6.04 Å². The molecule has 0 aromatic rings. The van der Waals surface area contributed by atoms with E-state index in [2.05, 4.69) is 29.2 Å². The van der Waals surface area contributed by atoms with Crippen LogP contribution in [0.3, 0.4) is 0 Å². The second kappa shape index (κ2) is 5.83.